The van der Waals surface area contributed by atoms with Gasteiger partial charge in [0, 0.05) is 18.8 Å². The third-order valence-corrected chi connectivity index (χ3v) is 2.44. The van der Waals surface area contributed by atoms with Crippen LogP contribution in [0.25, 0.3) is 0 Å². The monoisotopic (exact) mass is 221 g/mol. The van der Waals surface area contributed by atoms with Crippen molar-refractivity contribution in [2.24, 2.45) is 0 Å². The fourth-order valence-electron chi connectivity index (χ4n) is 1.60. The molecule has 0 radical (unpaired) electrons. The number of carbonyl (C=O) groups excluding carboxylic acids is 1. The summed E-state index contributed by atoms with van der Waals surface area (Å²) in [5.41, 5.74) is 2.94. The van der Waals surface area contributed by atoms with Crippen LogP contribution in [0, 0.1) is 13.8 Å². The quantitative estimate of drug-likeness (QED) is 0.581. The van der Waals surface area contributed by atoms with E-state index in [9.17, 15) is 4.79 Å². The Bertz CT molecular complexity index is 352. The summed E-state index contributed by atoms with van der Waals surface area (Å²) in [4.78, 5) is 16.9. The molecule has 0 aromatic carbocycles. The number of nitrogens with one attached hydrogen (secondary N) is 1. The average molecular weight is 221 g/mol. The van der Waals surface area contributed by atoms with Gasteiger partial charge in [0.25, 0.3) is 0 Å². The highest BCUT2D eigenvalue weighted by Gasteiger charge is 2.08. The van der Waals surface area contributed by atoms with E-state index in [2.05, 4.69) is 10.3 Å². The van der Waals surface area contributed by atoms with Crippen LogP contribution in [0.4, 0.5) is 5.69 Å². The van der Waals surface area contributed by atoms with E-state index in [-0.39, 0.29) is 0 Å². The number of rotatable bonds is 6. The van der Waals surface area contributed by atoms with Crippen LogP contribution in [0.5, 0.6) is 0 Å². The van der Waals surface area contributed by atoms with Crippen molar-refractivity contribution in [1.29, 1.82) is 0 Å². The fraction of sp³-hybridized carbons (Fsp3) is 0.500. The molecule has 4 nitrogen and oxygen atoms in total. The lowest BCUT2D eigenvalue weighted by Crippen LogP contribution is -2.31. The molecule has 1 aromatic heterocycles. The molecule has 0 saturated heterocycles. The maximum atomic E-state index is 11.0. The van der Waals surface area contributed by atoms with Crippen molar-refractivity contribution in [3.8, 4) is 0 Å². The Morgan fingerprint density at radius 3 is 2.81 bits per heavy atom. The highest BCUT2D eigenvalue weighted by atomic mass is 16.1. The second kappa shape index (κ2) is 6.23. The predicted molar refractivity (Wildman–Crippen MR) is 65.7 cm³/mol. The number of aryl methyl sites for hydroxylation is 2. The molecule has 1 rings (SSSR count). The van der Waals surface area contributed by atoms with Gasteiger partial charge in [0.2, 0.25) is 6.41 Å². The van der Waals surface area contributed by atoms with Crippen molar-refractivity contribution in [3.05, 3.63) is 23.5 Å². The van der Waals surface area contributed by atoms with Crippen molar-refractivity contribution in [2.45, 2.75) is 20.8 Å². The molecule has 16 heavy (non-hydrogen) atoms. The minimum Gasteiger partial charge on any atom is -0.315 e. The molecule has 0 aliphatic heterocycles. The standard InChI is InChI=1S/C12H19N3O/c1-4-13-5-6-15(9-16)12-8-14-11(3)7-10(12)2/h7-9,13H,4-6H2,1-3H3. The molecule has 4 heteroatoms. The molecule has 0 spiro atoms. The molecule has 0 aliphatic carbocycles. The minimum atomic E-state index is 0.670. The second-order valence-corrected chi connectivity index (χ2v) is 3.76. The van der Waals surface area contributed by atoms with Crippen LogP contribution < -0.4 is 10.2 Å². The van der Waals surface area contributed by atoms with E-state index in [0.717, 1.165) is 36.4 Å². The number of likely N-dealkylation sites (N-methyl/N-ethyl adjacent to an activating group) is 1. The van der Waals surface area contributed by atoms with E-state index in [1.807, 2.05) is 26.8 Å². The summed E-state index contributed by atoms with van der Waals surface area (Å²) < 4.78 is 0. The van der Waals surface area contributed by atoms with Crippen molar-refractivity contribution < 1.29 is 4.79 Å². The van der Waals surface area contributed by atoms with E-state index in [1.165, 1.54) is 0 Å². The Morgan fingerprint density at radius 1 is 1.50 bits per heavy atom. The van der Waals surface area contributed by atoms with Crippen LogP contribution >= 0.6 is 0 Å². The molecule has 0 fully saturated rings. The van der Waals surface area contributed by atoms with Gasteiger partial charge < -0.3 is 10.2 Å². The zero-order chi connectivity index (χ0) is 12.0. The molecular formula is C12H19N3O. The highest BCUT2D eigenvalue weighted by molar-refractivity contribution is 5.76. The minimum absolute atomic E-state index is 0.670. The topological polar surface area (TPSA) is 45.2 Å². The first-order chi connectivity index (χ1) is 7.69. The van der Waals surface area contributed by atoms with Gasteiger partial charge in [-0.2, -0.15) is 0 Å². The summed E-state index contributed by atoms with van der Waals surface area (Å²) in [5.74, 6) is 0. The molecular weight excluding hydrogens is 202 g/mol. The lowest BCUT2D eigenvalue weighted by molar-refractivity contribution is -0.107. The van der Waals surface area contributed by atoms with Crippen LogP contribution in [0.3, 0.4) is 0 Å². The molecule has 1 N–H and O–H groups in total. The van der Waals surface area contributed by atoms with Crippen molar-refractivity contribution >= 4 is 12.1 Å². The van der Waals surface area contributed by atoms with Gasteiger partial charge in [-0.1, -0.05) is 6.92 Å². The number of hydrogen-bond donors (Lipinski definition) is 1. The van der Waals surface area contributed by atoms with Gasteiger partial charge in [-0.25, -0.2) is 0 Å². The normalized spacial score (nSPS) is 10.2. The summed E-state index contributed by atoms with van der Waals surface area (Å²) in [6, 6.07) is 1.99. The average Bonchev–Trinajstić information content (AvgIpc) is 2.26. The molecule has 0 aliphatic rings. The Labute approximate surface area is 96.7 Å². The van der Waals surface area contributed by atoms with E-state index in [0.29, 0.717) is 6.54 Å². The summed E-state index contributed by atoms with van der Waals surface area (Å²) in [6.07, 6.45) is 2.61. The number of nitrogens with zero attached hydrogens (tertiary/aromatic N) is 2. The molecule has 88 valence electrons. The van der Waals surface area contributed by atoms with Crippen LogP contribution in [0.15, 0.2) is 12.3 Å². The first-order valence-electron chi connectivity index (χ1n) is 5.55. The van der Waals surface area contributed by atoms with Gasteiger partial charge in [0.1, 0.15) is 0 Å². The molecule has 0 unspecified atom stereocenters. The zero-order valence-electron chi connectivity index (χ0n) is 10.2. The number of hydrogen-bond acceptors (Lipinski definition) is 3. The SMILES string of the molecule is CCNCCN(C=O)c1cnc(C)cc1C. The number of aromatic nitrogens is 1. The van der Waals surface area contributed by atoms with Crippen LogP contribution in [0.1, 0.15) is 18.2 Å². The third kappa shape index (κ3) is 3.31. The Kier molecular flexibility index (Phi) is 4.92. The Balaban J connectivity index is 2.74. The Hall–Kier alpha value is -1.42. The van der Waals surface area contributed by atoms with Crippen LogP contribution in [-0.4, -0.2) is 31.0 Å². The summed E-state index contributed by atoms with van der Waals surface area (Å²) in [6.45, 7) is 8.36. The number of amides is 1. The van der Waals surface area contributed by atoms with E-state index >= 15 is 0 Å². The number of pyridine rings is 1. The predicted octanol–water partition coefficient (Wildman–Crippen LogP) is 1.27. The third-order valence-electron chi connectivity index (χ3n) is 2.44. The zero-order valence-corrected chi connectivity index (χ0v) is 10.2. The highest BCUT2D eigenvalue weighted by Crippen LogP contribution is 2.17. The Morgan fingerprint density at radius 2 is 2.25 bits per heavy atom. The van der Waals surface area contributed by atoms with Crippen molar-refractivity contribution in [3.63, 3.8) is 0 Å². The van der Waals surface area contributed by atoms with Gasteiger partial charge in [0.15, 0.2) is 0 Å². The van der Waals surface area contributed by atoms with E-state index < -0.39 is 0 Å². The van der Waals surface area contributed by atoms with Gasteiger partial charge >= 0.3 is 0 Å². The maximum absolute atomic E-state index is 11.0. The van der Waals surface area contributed by atoms with Gasteiger partial charge in [-0.15, -0.1) is 0 Å². The fourth-order valence-corrected chi connectivity index (χ4v) is 1.60. The summed E-state index contributed by atoms with van der Waals surface area (Å²) in [7, 11) is 0. The van der Waals surface area contributed by atoms with Gasteiger partial charge in [-0.05, 0) is 32.0 Å². The summed E-state index contributed by atoms with van der Waals surface area (Å²) >= 11 is 0. The van der Waals surface area contributed by atoms with Crippen LogP contribution in [-0.2, 0) is 4.79 Å². The first-order valence-corrected chi connectivity index (χ1v) is 5.55. The summed E-state index contributed by atoms with van der Waals surface area (Å²) in [5, 5.41) is 3.19. The molecule has 1 amide bonds. The van der Waals surface area contributed by atoms with Crippen LogP contribution in [0.2, 0.25) is 0 Å². The van der Waals surface area contributed by atoms with Gasteiger partial charge in [0.05, 0.1) is 11.9 Å². The number of anilines is 1. The largest absolute Gasteiger partial charge is 0.315 e. The van der Waals surface area contributed by atoms with Crippen molar-refractivity contribution in [1.82, 2.24) is 10.3 Å². The maximum Gasteiger partial charge on any atom is 0.214 e. The van der Waals surface area contributed by atoms with E-state index in [4.69, 9.17) is 0 Å². The molecule has 0 bridgehead atoms. The van der Waals surface area contributed by atoms with E-state index in [1.54, 1.807) is 11.1 Å². The molecule has 0 saturated carbocycles. The van der Waals surface area contributed by atoms with Gasteiger partial charge in [-0.3, -0.25) is 9.78 Å². The molecule has 1 heterocycles. The lowest BCUT2D eigenvalue weighted by Gasteiger charge is -2.19. The smallest absolute Gasteiger partial charge is 0.214 e. The molecule has 1 aromatic rings. The first kappa shape index (κ1) is 12.6. The molecule has 0 atom stereocenters. The second-order valence-electron chi connectivity index (χ2n) is 3.76. The lowest BCUT2D eigenvalue weighted by atomic mass is 10.2. The van der Waals surface area contributed by atoms with Crippen molar-refractivity contribution in [2.75, 3.05) is 24.5 Å². The number of carbonyl (C=O) groups is 1.